The lowest BCUT2D eigenvalue weighted by Gasteiger charge is -2.37. The number of hydrogen-bond acceptors (Lipinski definition) is 9. The highest BCUT2D eigenvalue weighted by molar-refractivity contribution is 7.89. The van der Waals surface area contributed by atoms with Crippen LogP contribution in [0.15, 0.2) is 78.9 Å². The number of aromatic hydroxyl groups is 1. The molecule has 0 bridgehead atoms. The standard InChI is InChI=1S/C42H58N6O7S/c1-2-56(53,54)47-31-29-44(30-32-47)28-22-41(51)45(34-35-18-20-37(49)21-19-35)25-11-4-10-24-43-40(50)23-33-55-42(52)48(46-26-12-5-13-27-46)39-17-9-8-16-38(39)36-14-6-3-7-15-36/h3,6-9,14-21,49H,2,4-5,10-13,22-34H2,1H3,(H,43,50). The number of unbranched alkanes of at least 4 members (excludes halogenated alkanes) is 2. The lowest BCUT2D eigenvalue weighted by atomic mass is 10.0. The highest BCUT2D eigenvalue weighted by Crippen LogP contribution is 2.33. The molecule has 0 aromatic heterocycles. The van der Waals surface area contributed by atoms with Gasteiger partial charge in [0.15, 0.2) is 0 Å². The van der Waals surface area contributed by atoms with E-state index in [9.17, 15) is 27.9 Å². The highest BCUT2D eigenvalue weighted by Gasteiger charge is 2.29. The van der Waals surface area contributed by atoms with Crippen molar-refractivity contribution in [1.29, 1.82) is 0 Å². The van der Waals surface area contributed by atoms with E-state index in [1.165, 1.54) is 4.31 Å². The van der Waals surface area contributed by atoms with Gasteiger partial charge >= 0.3 is 6.09 Å². The number of sulfonamides is 1. The Balaban J connectivity index is 1.04. The fraction of sp³-hybridized carbons (Fsp3) is 0.500. The SMILES string of the molecule is CCS(=O)(=O)N1CCN(CCC(=O)N(CCCCCNC(=O)CCOC(=O)N(c2ccccc2-c2ccccc2)N2CCCCC2)Cc2ccc(O)cc2)CC1. The van der Waals surface area contributed by atoms with Crippen LogP contribution in [0.1, 0.15) is 63.9 Å². The summed E-state index contributed by atoms with van der Waals surface area (Å²) in [6.07, 6.45) is 5.26. The number of carbonyl (C=O) groups is 3. The van der Waals surface area contributed by atoms with Crippen molar-refractivity contribution < 1.29 is 32.6 Å². The normalized spacial score (nSPS) is 15.6. The van der Waals surface area contributed by atoms with E-state index in [0.717, 1.165) is 74.0 Å². The molecule has 0 unspecified atom stereocenters. The van der Waals surface area contributed by atoms with Crippen LogP contribution in [0, 0.1) is 0 Å². The second-order valence-electron chi connectivity index (χ2n) is 14.4. The number of nitrogens with zero attached hydrogens (tertiary/aromatic N) is 5. The van der Waals surface area contributed by atoms with Gasteiger partial charge in [-0.05, 0) is 68.4 Å². The quantitative estimate of drug-likeness (QED) is 0.151. The fourth-order valence-electron chi connectivity index (χ4n) is 7.12. The Hall–Kier alpha value is -4.50. The van der Waals surface area contributed by atoms with Gasteiger partial charge < -0.3 is 25.0 Å². The molecule has 5 rings (SSSR count). The molecule has 2 fully saturated rings. The Morgan fingerprint density at radius 2 is 1.50 bits per heavy atom. The van der Waals surface area contributed by atoms with Crippen LogP contribution >= 0.6 is 0 Å². The van der Waals surface area contributed by atoms with Gasteiger partial charge in [0.2, 0.25) is 21.8 Å². The maximum Gasteiger partial charge on any atom is 0.429 e. The summed E-state index contributed by atoms with van der Waals surface area (Å²) in [5.41, 5.74) is 3.60. The Labute approximate surface area is 332 Å². The van der Waals surface area contributed by atoms with Gasteiger partial charge in [0.1, 0.15) is 12.4 Å². The van der Waals surface area contributed by atoms with Gasteiger partial charge in [0.05, 0.1) is 17.9 Å². The van der Waals surface area contributed by atoms with Crippen LogP contribution < -0.4 is 10.3 Å². The van der Waals surface area contributed by atoms with Gasteiger partial charge in [0.25, 0.3) is 0 Å². The zero-order valence-electron chi connectivity index (χ0n) is 32.7. The van der Waals surface area contributed by atoms with Gasteiger partial charge in [-0.2, -0.15) is 4.31 Å². The molecule has 304 valence electrons. The van der Waals surface area contributed by atoms with Crippen molar-refractivity contribution in [2.75, 3.05) is 76.3 Å². The molecule has 0 spiro atoms. The lowest BCUT2D eigenvalue weighted by molar-refractivity contribution is -0.132. The summed E-state index contributed by atoms with van der Waals surface area (Å²) in [7, 11) is -3.21. The average Bonchev–Trinajstić information content (AvgIpc) is 3.22. The molecule has 2 N–H and O–H groups in total. The summed E-state index contributed by atoms with van der Waals surface area (Å²) in [4.78, 5) is 43.7. The van der Waals surface area contributed by atoms with E-state index in [1.54, 1.807) is 24.1 Å². The number of anilines is 1. The van der Waals surface area contributed by atoms with Crippen molar-refractivity contribution >= 4 is 33.6 Å². The maximum atomic E-state index is 13.6. The van der Waals surface area contributed by atoms with Gasteiger partial charge in [-0.3, -0.25) is 9.59 Å². The average molecular weight is 791 g/mol. The summed E-state index contributed by atoms with van der Waals surface area (Å²) in [5, 5.41) is 16.3. The summed E-state index contributed by atoms with van der Waals surface area (Å²) in [5.74, 6) is 0.0855. The third-order valence-electron chi connectivity index (χ3n) is 10.4. The first kappa shape index (κ1) is 42.6. The van der Waals surface area contributed by atoms with Crippen LogP contribution in [0.2, 0.25) is 0 Å². The number of nitrogens with one attached hydrogen (secondary N) is 1. The van der Waals surface area contributed by atoms with Crippen molar-refractivity contribution in [3.8, 4) is 16.9 Å². The van der Waals surface area contributed by atoms with E-state index in [1.807, 2.05) is 76.6 Å². The molecule has 0 saturated carbocycles. The molecule has 0 atom stereocenters. The first-order valence-electron chi connectivity index (χ1n) is 20.0. The summed E-state index contributed by atoms with van der Waals surface area (Å²) in [6.45, 7) is 7.17. The van der Waals surface area contributed by atoms with Crippen molar-refractivity contribution in [2.24, 2.45) is 0 Å². The van der Waals surface area contributed by atoms with Crippen LogP contribution in [-0.2, 0) is 30.9 Å². The molecule has 0 radical (unpaired) electrons. The molecule has 3 aromatic rings. The van der Waals surface area contributed by atoms with Gasteiger partial charge in [-0.25, -0.2) is 23.2 Å². The van der Waals surface area contributed by atoms with E-state index in [4.69, 9.17) is 4.74 Å². The smallest absolute Gasteiger partial charge is 0.429 e. The Bertz CT molecular complexity index is 1800. The number of benzene rings is 3. The van der Waals surface area contributed by atoms with Crippen molar-refractivity contribution in [3.05, 3.63) is 84.4 Å². The van der Waals surface area contributed by atoms with Crippen LogP contribution in [0.4, 0.5) is 10.5 Å². The van der Waals surface area contributed by atoms with Gasteiger partial charge in [-0.1, -0.05) is 67.1 Å². The number of para-hydroxylation sites is 1. The zero-order valence-corrected chi connectivity index (χ0v) is 33.5. The number of rotatable bonds is 19. The number of ether oxygens (including phenoxy) is 1. The minimum absolute atomic E-state index is 0.0203. The number of piperidine rings is 1. The van der Waals surface area contributed by atoms with E-state index in [0.29, 0.717) is 58.8 Å². The predicted molar refractivity (Wildman–Crippen MR) is 218 cm³/mol. The summed E-state index contributed by atoms with van der Waals surface area (Å²) in [6, 6.07) is 24.6. The second-order valence-corrected chi connectivity index (χ2v) is 16.6. The fourth-order valence-corrected chi connectivity index (χ4v) is 8.20. The summed E-state index contributed by atoms with van der Waals surface area (Å²) < 4.78 is 31.7. The molecule has 2 aliphatic rings. The largest absolute Gasteiger partial charge is 0.508 e. The Kier molecular flexibility index (Phi) is 16.5. The number of hydrazine groups is 1. The molecule has 3 aromatic carbocycles. The van der Waals surface area contributed by atoms with Crippen molar-refractivity contribution in [1.82, 2.24) is 24.4 Å². The highest BCUT2D eigenvalue weighted by atomic mass is 32.2. The molecule has 3 amide bonds. The third kappa shape index (κ3) is 12.8. The first-order chi connectivity index (χ1) is 27.1. The minimum Gasteiger partial charge on any atom is -0.508 e. The predicted octanol–water partition coefficient (Wildman–Crippen LogP) is 5.47. The van der Waals surface area contributed by atoms with Crippen LogP contribution in [0.25, 0.3) is 11.1 Å². The molecule has 2 saturated heterocycles. The molecular weight excluding hydrogens is 733 g/mol. The first-order valence-corrected chi connectivity index (χ1v) is 21.6. The molecule has 13 nitrogen and oxygen atoms in total. The van der Waals surface area contributed by atoms with E-state index in [2.05, 4.69) is 10.2 Å². The Morgan fingerprint density at radius 1 is 0.804 bits per heavy atom. The second kappa shape index (κ2) is 21.7. The molecular formula is C42H58N6O7S. The molecule has 14 heteroatoms. The number of hydrogen-bond donors (Lipinski definition) is 2. The summed E-state index contributed by atoms with van der Waals surface area (Å²) >= 11 is 0. The zero-order chi connectivity index (χ0) is 39.8. The van der Waals surface area contributed by atoms with Crippen molar-refractivity contribution in [2.45, 2.75) is 64.8 Å². The van der Waals surface area contributed by atoms with Crippen molar-refractivity contribution in [3.63, 3.8) is 0 Å². The van der Waals surface area contributed by atoms with E-state index >= 15 is 0 Å². The third-order valence-corrected chi connectivity index (χ3v) is 12.3. The Morgan fingerprint density at radius 3 is 2.21 bits per heavy atom. The number of phenolic OH excluding ortho intramolecular Hbond substituents is 1. The van der Waals surface area contributed by atoms with Crippen LogP contribution in [-0.4, -0.2) is 122 Å². The number of piperazine rings is 1. The monoisotopic (exact) mass is 790 g/mol. The molecule has 0 aliphatic carbocycles. The molecule has 2 aliphatic heterocycles. The van der Waals surface area contributed by atoms with Crippen LogP contribution in [0.5, 0.6) is 5.75 Å². The van der Waals surface area contributed by atoms with E-state index in [-0.39, 0.29) is 36.3 Å². The minimum atomic E-state index is -3.21. The van der Waals surface area contributed by atoms with Gasteiger partial charge in [0, 0.05) is 77.4 Å². The number of phenols is 1. The molecule has 56 heavy (non-hydrogen) atoms. The topological polar surface area (TPSA) is 143 Å². The number of amides is 3. The maximum absolute atomic E-state index is 13.6. The van der Waals surface area contributed by atoms with E-state index < -0.39 is 16.1 Å². The lowest BCUT2D eigenvalue weighted by Crippen LogP contribution is -2.49. The van der Waals surface area contributed by atoms with Gasteiger partial charge in [-0.15, -0.1) is 0 Å². The molecule has 2 heterocycles. The van der Waals surface area contributed by atoms with Crippen LogP contribution in [0.3, 0.4) is 0 Å². The number of carbonyl (C=O) groups excluding carboxylic acids is 3.